The van der Waals surface area contributed by atoms with Gasteiger partial charge < -0.3 is 4.90 Å². The molecule has 1 unspecified atom stereocenters. The number of nitrogens with zero attached hydrogens (tertiary/aromatic N) is 5. The summed E-state index contributed by atoms with van der Waals surface area (Å²) in [6.07, 6.45) is 10.9. The molecule has 1 atom stereocenters. The Balaban J connectivity index is 1.11. The molecular formula is C21H30ClN5O. The number of piperazine rings is 1. The fraction of sp³-hybridized carbons (Fsp3) is 0.619. The van der Waals surface area contributed by atoms with Gasteiger partial charge in [-0.2, -0.15) is 0 Å². The molecule has 4 rings (SSSR count). The number of pyridine rings is 1. The van der Waals surface area contributed by atoms with Crippen LogP contribution < -0.4 is 4.90 Å². The smallest absolute Gasteiger partial charge is 0.131 e. The SMILES string of the molecule is Clc1cccc(N2CCN(CCCCON3C=CN=C4CCCCC43)CC2)n1. The first-order valence-electron chi connectivity index (χ1n) is 10.5. The Kier molecular flexibility index (Phi) is 6.83. The van der Waals surface area contributed by atoms with Crippen LogP contribution in [-0.2, 0) is 4.84 Å². The first-order chi connectivity index (χ1) is 13.8. The summed E-state index contributed by atoms with van der Waals surface area (Å²) in [4.78, 5) is 19.8. The summed E-state index contributed by atoms with van der Waals surface area (Å²) in [5, 5.41) is 2.60. The third kappa shape index (κ3) is 5.04. The second kappa shape index (κ2) is 9.72. The Hall–Kier alpha value is -1.63. The van der Waals surface area contributed by atoms with Crippen molar-refractivity contribution in [3.63, 3.8) is 0 Å². The largest absolute Gasteiger partial charge is 0.354 e. The fourth-order valence-electron chi connectivity index (χ4n) is 4.22. The van der Waals surface area contributed by atoms with Gasteiger partial charge in [0, 0.05) is 44.3 Å². The molecule has 6 nitrogen and oxygen atoms in total. The molecule has 152 valence electrons. The van der Waals surface area contributed by atoms with Crippen LogP contribution in [0.25, 0.3) is 0 Å². The summed E-state index contributed by atoms with van der Waals surface area (Å²) in [5.41, 5.74) is 1.29. The van der Waals surface area contributed by atoms with Crippen LogP contribution in [0.2, 0.25) is 5.15 Å². The number of aromatic nitrogens is 1. The molecule has 0 N–H and O–H groups in total. The standard InChI is InChI=1S/C21H30ClN5O/c22-20-8-5-9-21(24-20)26-15-13-25(14-16-26)11-3-4-17-28-27-12-10-23-18-6-1-2-7-19(18)27/h5,8-10,12,19H,1-4,6-7,11,13-17H2. The Morgan fingerprint density at radius 3 is 2.86 bits per heavy atom. The number of fused-ring (bicyclic) bond motifs is 1. The molecule has 1 aliphatic carbocycles. The van der Waals surface area contributed by atoms with Gasteiger partial charge in [0.15, 0.2) is 0 Å². The monoisotopic (exact) mass is 403 g/mol. The molecule has 2 fully saturated rings. The van der Waals surface area contributed by atoms with Gasteiger partial charge in [0.05, 0.1) is 12.6 Å². The van der Waals surface area contributed by atoms with Gasteiger partial charge in [-0.15, -0.1) is 0 Å². The topological polar surface area (TPSA) is 44.2 Å². The van der Waals surface area contributed by atoms with Crippen LogP contribution in [0, 0.1) is 0 Å². The summed E-state index contributed by atoms with van der Waals surface area (Å²) < 4.78 is 0. The molecule has 3 aliphatic rings. The Morgan fingerprint density at radius 1 is 1.11 bits per heavy atom. The lowest BCUT2D eigenvalue weighted by Gasteiger charge is -2.36. The van der Waals surface area contributed by atoms with Crippen LogP contribution in [0.3, 0.4) is 0 Å². The lowest BCUT2D eigenvalue weighted by Crippen LogP contribution is -2.47. The molecule has 2 aliphatic heterocycles. The third-order valence-corrected chi connectivity index (χ3v) is 6.02. The Morgan fingerprint density at radius 2 is 2.00 bits per heavy atom. The molecule has 7 heteroatoms. The predicted molar refractivity (Wildman–Crippen MR) is 114 cm³/mol. The molecule has 0 aromatic carbocycles. The van der Waals surface area contributed by atoms with Crippen molar-refractivity contribution >= 4 is 23.1 Å². The third-order valence-electron chi connectivity index (χ3n) is 5.81. The number of anilines is 1. The number of rotatable bonds is 7. The van der Waals surface area contributed by atoms with E-state index < -0.39 is 0 Å². The number of unbranched alkanes of at least 4 members (excludes halogenated alkanes) is 1. The molecular weight excluding hydrogens is 374 g/mol. The highest BCUT2D eigenvalue weighted by atomic mass is 35.5. The highest BCUT2D eigenvalue weighted by Gasteiger charge is 2.27. The van der Waals surface area contributed by atoms with Gasteiger partial charge in [0.2, 0.25) is 0 Å². The number of hydrogen-bond acceptors (Lipinski definition) is 6. The van der Waals surface area contributed by atoms with E-state index in [-0.39, 0.29) is 0 Å². The van der Waals surface area contributed by atoms with Crippen molar-refractivity contribution in [3.8, 4) is 0 Å². The lowest BCUT2D eigenvalue weighted by atomic mass is 9.92. The second-order valence-corrected chi connectivity index (χ2v) is 8.11. The van der Waals surface area contributed by atoms with E-state index in [9.17, 15) is 0 Å². The van der Waals surface area contributed by atoms with Crippen LogP contribution >= 0.6 is 11.6 Å². The first kappa shape index (κ1) is 19.7. The fourth-order valence-corrected chi connectivity index (χ4v) is 4.37. The molecule has 1 aromatic rings. The average molecular weight is 404 g/mol. The minimum atomic E-state index is 0.368. The van der Waals surface area contributed by atoms with E-state index >= 15 is 0 Å². The summed E-state index contributed by atoms with van der Waals surface area (Å²) in [6, 6.07) is 6.20. The van der Waals surface area contributed by atoms with E-state index in [0.717, 1.165) is 64.4 Å². The van der Waals surface area contributed by atoms with Crippen LogP contribution in [0.5, 0.6) is 0 Å². The minimum absolute atomic E-state index is 0.368. The van der Waals surface area contributed by atoms with Gasteiger partial charge >= 0.3 is 0 Å². The highest BCUT2D eigenvalue weighted by molar-refractivity contribution is 6.29. The van der Waals surface area contributed by atoms with Crippen molar-refractivity contribution in [1.29, 1.82) is 0 Å². The van der Waals surface area contributed by atoms with Crippen LogP contribution in [-0.4, -0.2) is 66.0 Å². The zero-order chi connectivity index (χ0) is 19.2. The van der Waals surface area contributed by atoms with Crippen LogP contribution in [0.15, 0.2) is 35.6 Å². The van der Waals surface area contributed by atoms with Crippen molar-refractivity contribution < 1.29 is 4.84 Å². The van der Waals surface area contributed by atoms with Crippen molar-refractivity contribution in [1.82, 2.24) is 14.9 Å². The van der Waals surface area contributed by atoms with Crippen LogP contribution in [0.4, 0.5) is 5.82 Å². The number of hydrogen-bond donors (Lipinski definition) is 0. The molecule has 0 spiro atoms. The van der Waals surface area contributed by atoms with Gasteiger partial charge in [-0.1, -0.05) is 24.1 Å². The first-order valence-corrected chi connectivity index (χ1v) is 10.9. The average Bonchev–Trinajstić information content (AvgIpc) is 2.74. The summed E-state index contributed by atoms with van der Waals surface area (Å²) in [5.74, 6) is 0.987. The summed E-state index contributed by atoms with van der Waals surface area (Å²) >= 11 is 6.01. The predicted octanol–water partition coefficient (Wildman–Crippen LogP) is 3.74. The maximum atomic E-state index is 6.05. The van der Waals surface area contributed by atoms with Gasteiger partial charge in [0.1, 0.15) is 11.0 Å². The van der Waals surface area contributed by atoms with Crippen LogP contribution in [0.1, 0.15) is 38.5 Å². The molecule has 0 radical (unpaired) electrons. The summed E-state index contributed by atoms with van der Waals surface area (Å²) in [6.45, 7) is 6.07. The molecule has 28 heavy (non-hydrogen) atoms. The van der Waals surface area contributed by atoms with E-state index in [2.05, 4.69) is 19.8 Å². The van der Waals surface area contributed by atoms with Crippen molar-refractivity contribution in [2.75, 3.05) is 44.2 Å². The number of halogens is 1. The van der Waals surface area contributed by atoms with E-state index in [1.165, 1.54) is 25.0 Å². The van der Waals surface area contributed by atoms with E-state index in [1.54, 1.807) is 0 Å². The van der Waals surface area contributed by atoms with E-state index in [0.29, 0.717) is 11.2 Å². The Bertz CT molecular complexity index is 702. The quantitative estimate of drug-likeness (QED) is 0.512. The van der Waals surface area contributed by atoms with Gasteiger partial charge in [0.25, 0.3) is 0 Å². The molecule has 3 heterocycles. The molecule has 0 bridgehead atoms. The molecule has 1 aromatic heterocycles. The molecule has 1 saturated heterocycles. The molecule has 0 amide bonds. The van der Waals surface area contributed by atoms with Crippen molar-refractivity contribution in [2.24, 2.45) is 4.99 Å². The Labute approximate surface area is 172 Å². The summed E-state index contributed by atoms with van der Waals surface area (Å²) in [7, 11) is 0. The maximum Gasteiger partial charge on any atom is 0.131 e. The van der Waals surface area contributed by atoms with Gasteiger partial charge in [-0.3, -0.25) is 19.8 Å². The van der Waals surface area contributed by atoms with Gasteiger partial charge in [-0.25, -0.2) is 4.98 Å². The van der Waals surface area contributed by atoms with E-state index in [1.807, 2.05) is 35.7 Å². The highest BCUT2D eigenvalue weighted by Crippen LogP contribution is 2.24. The normalized spacial score (nSPS) is 22.9. The lowest BCUT2D eigenvalue weighted by molar-refractivity contribution is -0.139. The maximum absolute atomic E-state index is 6.05. The zero-order valence-corrected chi connectivity index (χ0v) is 17.2. The molecule has 1 saturated carbocycles. The van der Waals surface area contributed by atoms with Crippen molar-refractivity contribution in [3.05, 3.63) is 35.8 Å². The second-order valence-electron chi connectivity index (χ2n) is 7.73. The number of hydroxylamine groups is 2. The van der Waals surface area contributed by atoms with E-state index in [4.69, 9.17) is 16.4 Å². The van der Waals surface area contributed by atoms with Crippen molar-refractivity contribution in [2.45, 2.75) is 44.6 Å². The van der Waals surface area contributed by atoms with Gasteiger partial charge in [-0.05, 0) is 50.8 Å². The zero-order valence-electron chi connectivity index (χ0n) is 16.5. The minimum Gasteiger partial charge on any atom is -0.354 e. The number of aliphatic imine (C=N–C) groups is 1.